The predicted octanol–water partition coefficient (Wildman–Crippen LogP) is 0.475. The van der Waals surface area contributed by atoms with E-state index in [2.05, 4.69) is 11.8 Å². The Hall–Kier alpha value is -5.33. The third-order valence-corrected chi connectivity index (χ3v) is 9.96. The molecule has 3 aromatic carbocycles. The summed E-state index contributed by atoms with van der Waals surface area (Å²) in [6.07, 6.45) is -8.48. The number of carbonyl (C=O) groups excluding carboxylic acids is 1. The van der Waals surface area contributed by atoms with Crippen molar-refractivity contribution in [1.29, 1.82) is 0 Å². The number of aliphatic carboxylic acids is 1. The van der Waals surface area contributed by atoms with Crippen LogP contribution in [0.2, 0.25) is 0 Å². The van der Waals surface area contributed by atoms with E-state index in [1.54, 1.807) is 20.3 Å². The Labute approximate surface area is 290 Å². The number of para-hydroxylation sites is 1. The van der Waals surface area contributed by atoms with Crippen LogP contribution in [0.4, 0.5) is 0 Å². The van der Waals surface area contributed by atoms with Crippen molar-refractivity contribution < 1.29 is 63.2 Å². The van der Waals surface area contributed by atoms with E-state index in [1.807, 2.05) is 36.4 Å². The lowest BCUT2D eigenvalue weighted by Crippen LogP contribution is -2.68. The van der Waals surface area contributed by atoms with Crippen LogP contribution < -0.4 is 34.3 Å². The van der Waals surface area contributed by atoms with Crippen LogP contribution in [-0.4, -0.2) is 96.5 Å². The lowest BCUT2D eigenvalue weighted by molar-refractivity contribution is -0.312. The van der Waals surface area contributed by atoms with Crippen LogP contribution in [0.1, 0.15) is 47.1 Å². The predicted molar refractivity (Wildman–Crippen MR) is 173 cm³/mol. The number of carbonyl (C=O) groups is 2. The summed E-state index contributed by atoms with van der Waals surface area (Å²) >= 11 is 0. The quantitative estimate of drug-likeness (QED) is 0.151. The van der Waals surface area contributed by atoms with Gasteiger partial charge in [0.15, 0.2) is 11.5 Å². The summed E-state index contributed by atoms with van der Waals surface area (Å²) in [5, 5.41) is 44.6. The molecule has 7 atom stereocenters. The van der Waals surface area contributed by atoms with Gasteiger partial charge in [0.25, 0.3) is 0 Å². The first-order valence-corrected chi connectivity index (χ1v) is 16.3. The summed E-state index contributed by atoms with van der Waals surface area (Å²) in [5.74, 6) is 5.53. The van der Waals surface area contributed by atoms with Crippen molar-refractivity contribution in [2.24, 2.45) is 4.99 Å². The molecule has 0 aliphatic carbocycles. The Bertz CT molecular complexity index is 2160. The average Bonchev–Trinajstić information content (AvgIpc) is 3.72. The third kappa shape index (κ3) is 5.23. The highest BCUT2D eigenvalue weighted by Crippen LogP contribution is 2.58. The van der Waals surface area contributed by atoms with Crippen molar-refractivity contribution in [2.45, 2.75) is 55.1 Å². The molecule has 1 fully saturated rings. The van der Waals surface area contributed by atoms with E-state index < -0.39 is 67.7 Å². The molecule has 6 heterocycles. The smallest absolute Gasteiger partial charge is 0.317 e. The monoisotopic (exact) mass is 699 g/mol. The fourth-order valence-corrected chi connectivity index (χ4v) is 7.47. The minimum atomic E-state index is -2.23. The lowest BCUT2D eigenvalue weighted by Gasteiger charge is -2.47. The van der Waals surface area contributed by atoms with E-state index in [4.69, 9.17) is 43.3 Å². The normalized spacial score (nSPS) is 27.7. The molecule has 7 unspecified atom stereocenters. The Morgan fingerprint density at radius 3 is 2.69 bits per heavy atom. The van der Waals surface area contributed by atoms with Crippen molar-refractivity contribution in [3.05, 3.63) is 75.3 Å². The first kappa shape index (κ1) is 32.9. The van der Waals surface area contributed by atoms with Gasteiger partial charge in [0, 0.05) is 34.4 Å². The Balaban J connectivity index is 1.29. The average molecular weight is 700 g/mol. The molecule has 0 saturated carbocycles. The summed E-state index contributed by atoms with van der Waals surface area (Å²) in [6, 6.07) is 13.1. The van der Waals surface area contributed by atoms with Crippen molar-refractivity contribution in [3.8, 4) is 40.6 Å². The van der Waals surface area contributed by atoms with Gasteiger partial charge in [0.1, 0.15) is 54.5 Å². The van der Waals surface area contributed by atoms with Crippen molar-refractivity contribution in [2.75, 3.05) is 34.0 Å². The highest BCUT2D eigenvalue weighted by atomic mass is 16.7. The van der Waals surface area contributed by atoms with Gasteiger partial charge in [-0.3, -0.25) is 14.6 Å². The minimum absolute atomic E-state index is 0.159. The maximum Gasteiger partial charge on any atom is 0.317 e. The van der Waals surface area contributed by atoms with Crippen LogP contribution >= 0.6 is 0 Å². The number of carboxylic acids is 1. The molecule has 6 aliphatic heterocycles. The van der Waals surface area contributed by atoms with Crippen molar-refractivity contribution in [1.82, 2.24) is 0 Å². The van der Waals surface area contributed by atoms with Gasteiger partial charge < -0.3 is 53.6 Å². The zero-order valence-corrected chi connectivity index (χ0v) is 27.5. The van der Waals surface area contributed by atoms with E-state index >= 15 is 0 Å². The van der Waals surface area contributed by atoms with Gasteiger partial charge in [-0.05, 0) is 17.7 Å². The van der Waals surface area contributed by atoms with Crippen LogP contribution in [0.3, 0.4) is 0 Å². The van der Waals surface area contributed by atoms with Crippen molar-refractivity contribution in [3.63, 3.8) is 0 Å². The van der Waals surface area contributed by atoms with Gasteiger partial charge in [-0.1, -0.05) is 36.1 Å². The summed E-state index contributed by atoms with van der Waals surface area (Å²) in [4.78, 5) is 27.8. The number of carboxylic acid groups (broad SMARTS) is 1. The highest BCUT2D eigenvalue weighted by molar-refractivity contribution is 5.90. The van der Waals surface area contributed by atoms with Gasteiger partial charge in [0.2, 0.25) is 12.0 Å². The van der Waals surface area contributed by atoms with E-state index in [-0.39, 0.29) is 18.3 Å². The first-order chi connectivity index (χ1) is 24.6. The maximum atomic E-state index is 12.0. The van der Waals surface area contributed by atoms with E-state index in [9.17, 15) is 24.9 Å². The third-order valence-electron chi connectivity index (χ3n) is 9.96. The summed E-state index contributed by atoms with van der Waals surface area (Å²) in [5.41, 5.74) is 1.23. The zero-order chi connectivity index (χ0) is 35.6. The van der Waals surface area contributed by atoms with Crippen LogP contribution in [0.5, 0.6) is 28.7 Å². The number of benzene rings is 3. The molecule has 3 aromatic rings. The number of aliphatic hydroxyl groups excluding tert-OH is 2. The molecule has 14 nitrogen and oxygen atoms in total. The Kier molecular flexibility index (Phi) is 8.03. The molecule has 0 radical (unpaired) electrons. The number of esters is 1. The van der Waals surface area contributed by atoms with Gasteiger partial charge in [0.05, 0.1) is 44.2 Å². The van der Waals surface area contributed by atoms with Crippen LogP contribution in [0.25, 0.3) is 5.57 Å². The second-order valence-corrected chi connectivity index (χ2v) is 12.8. The summed E-state index contributed by atoms with van der Waals surface area (Å²) < 4.78 is 41.8. The zero-order valence-electron chi connectivity index (χ0n) is 27.5. The number of hydrogen-bond donors (Lipinski definition) is 4. The lowest BCUT2D eigenvalue weighted by atomic mass is 9.80. The molecule has 14 heteroatoms. The maximum absolute atomic E-state index is 12.0. The number of hydrogen-bond acceptors (Lipinski definition) is 13. The van der Waals surface area contributed by atoms with Crippen LogP contribution in [-0.2, 0) is 19.1 Å². The first-order valence-electron chi connectivity index (χ1n) is 16.3. The molecular weight excluding hydrogens is 666 g/mol. The van der Waals surface area contributed by atoms with Gasteiger partial charge in [-0.25, -0.2) is 0 Å². The molecule has 9 rings (SSSR count). The Morgan fingerprint density at radius 1 is 1.08 bits per heavy atom. The fourth-order valence-electron chi connectivity index (χ4n) is 7.47. The number of fused-ring (bicyclic) bond motifs is 9. The molecule has 264 valence electrons. The number of methoxy groups -OCH3 is 2. The van der Waals surface area contributed by atoms with Gasteiger partial charge in [-0.15, -0.1) is 0 Å². The molecule has 4 N–H and O–H groups in total. The minimum Gasteiger partial charge on any atom is -0.493 e. The fraction of sp³-hybridized carbons (Fsp3) is 0.378. The molecule has 0 amide bonds. The van der Waals surface area contributed by atoms with Gasteiger partial charge >= 0.3 is 11.9 Å². The topological polar surface area (TPSA) is 192 Å². The number of nitrogens with zero attached hydrogens (tertiary/aromatic N) is 1. The molecule has 1 saturated heterocycles. The van der Waals surface area contributed by atoms with Gasteiger partial charge in [-0.2, -0.15) is 0 Å². The summed E-state index contributed by atoms with van der Waals surface area (Å²) in [6.45, 7) is -0.0798. The van der Waals surface area contributed by atoms with E-state index in [1.165, 1.54) is 0 Å². The van der Waals surface area contributed by atoms with E-state index in [0.717, 1.165) is 21.7 Å². The molecule has 0 aromatic heterocycles. The molecule has 51 heavy (non-hydrogen) atoms. The van der Waals surface area contributed by atoms with E-state index in [0.29, 0.717) is 46.2 Å². The number of rotatable bonds is 7. The molecule has 6 aliphatic rings. The second-order valence-electron chi connectivity index (χ2n) is 12.8. The van der Waals surface area contributed by atoms with Crippen LogP contribution in [0.15, 0.2) is 47.5 Å². The SMILES string of the molecule is COc1ccc2c(c1OC)OC1c3c(cc4c(c3C3=c5ccccc5=NC3)C#CCC3(O)C(COC(=O)CC(=O)O)OC(O4)C(O)C3O)OCC21. The standard InChI is InChI=1S/C37H33NO13/c1-45-23-10-9-18-21-15-47-25-12-24-19(7-5-11-37(44)26(16-48-28(41)13-27(39)40)50-36(49-24)31(42)35(37)43)29(20-14-38-22-8-4-3-6-17(20)22)30(25)32(21)51-33(18)34(23)46-2/h3-4,6,8-10,12,21,26,31-32,35-36,42-44H,11,13-16H2,1-2H3,(H,39,40). The summed E-state index contributed by atoms with van der Waals surface area (Å²) in [7, 11) is 3.10. The van der Waals surface area contributed by atoms with Crippen LogP contribution in [0, 0.1) is 11.8 Å². The highest BCUT2D eigenvalue weighted by Gasteiger charge is 2.56. The van der Waals surface area contributed by atoms with Crippen molar-refractivity contribution >= 4 is 17.5 Å². The molecule has 0 spiro atoms. The largest absolute Gasteiger partial charge is 0.493 e. The number of aliphatic hydroxyl groups is 3. The Morgan fingerprint density at radius 2 is 1.90 bits per heavy atom. The number of ether oxygens (including phenoxy) is 7. The molecule has 2 bridgehead atoms. The molecular formula is C37H33NO13. The second kappa shape index (κ2) is 12.5.